The SMILES string of the molecule is ONc1ccc(C(F)(F)P)cc1.[NH2-].[W].[Y]. The quantitative estimate of drug-likeness (QED) is 0.505. The Morgan fingerprint density at radius 3 is 1.87 bits per heavy atom. The van der Waals surface area contributed by atoms with Crippen molar-refractivity contribution in [2.45, 2.75) is 5.66 Å². The molecule has 4 N–H and O–H groups in total. The molecule has 3 nitrogen and oxygen atoms in total. The Balaban J connectivity index is -0.000000480. The van der Waals surface area contributed by atoms with Gasteiger partial charge in [0.25, 0.3) is 5.66 Å². The fourth-order valence-corrected chi connectivity index (χ4v) is 0.959. The first kappa shape index (κ1) is 21.3. The van der Waals surface area contributed by atoms with Crippen LogP contribution in [0.1, 0.15) is 5.56 Å². The summed E-state index contributed by atoms with van der Waals surface area (Å²) in [5.74, 6) is 0. The van der Waals surface area contributed by atoms with Crippen molar-refractivity contribution < 1.29 is 67.8 Å². The van der Waals surface area contributed by atoms with Crippen molar-refractivity contribution in [3.8, 4) is 0 Å². The summed E-state index contributed by atoms with van der Waals surface area (Å²) in [6.07, 6.45) is 0. The van der Waals surface area contributed by atoms with E-state index in [0.29, 0.717) is 5.69 Å². The van der Waals surface area contributed by atoms with Crippen LogP contribution in [-0.4, -0.2) is 5.21 Å². The molecule has 0 spiro atoms. The van der Waals surface area contributed by atoms with Crippen LogP contribution in [0.2, 0.25) is 0 Å². The Labute approximate surface area is 129 Å². The van der Waals surface area contributed by atoms with E-state index < -0.39 is 5.66 Å². The van der Waals surface area contributed by atoms with E-state index in [-0.39, 0.29) is 65.5 Å². The van der Waals surface area contributed by atoms with Crippen LogP contribution in [0.15, 0.2) is 24.3 Å². The molecule has 1 unspecified atom stereocenters. The van der Waals surface area contributed by atoms with Crippen LogP contribution < -0.4 is 5.48 Å². The molecule has 8 heteroatoms. The monoisotopic (exact) mass is 480 g/mol. The van der Waals surface area contributed by atoms with Gasteiger partial charge in [0, 0.05) is 59.3 Å². The number of benzene rings is 1. The third-order valence-electron chi connectivity index (χ3n) is 1.40. The first-order valence-corrected chi connectivity index (χ1v) is 3.79. The Morgan fingerprint density at radius 1 is 1.20 bits per heavy atom. The first-order valence-electron chi connectivity index (χ1n) is 3.21. The minimum Gasteiger partial charge on any atom is -0.693 e. The Morgan fingerprint density at radius 2 is 1.60 bits per heavy atom. The molecule has 1 atom stereocenters. The zero-order valence-corrected chi connectivity index (χ0v) is 14.6. The molecule has 0 aliphatic heterocycles. The minimum absolute atomic E-state index is 0. The van der Waals surface area contributed by atoms with Crippen LogP contribution in [0.5, 0.6) is 0 Å². The normalized spacial score (nSPS) is 9.07. The third kappa shape index (κ3) is 7.04. The number of nitrogens with one attached hydrogen (secondary N) is 1. The van der Waals surface area contributed by atoms with Crippen LogP contribution in [0.25, 0.3) is 6.15 Å². The summed E-state index contributed by atoms with van der Waals surface area (Å²) < 4.78 is 25.1. The van der Waals surface area contributed by atoms with Gasteiger partial charge >= 0.3 is 0 Å². The Kier molecular flexibility index (Phi) is 12.9. The number of hydrogen-bond donors (Lipinski definition) is 2. The number of alkyl halides is 2. The topological polar surface area (TPSA) is 65.8 Å². The molecule has 1 aromatic rings. The van der Waals surface area contributed by atoms with E-state index in [1.54, 1.807) is 0 Å². The number of halogens is 2. The van der Waals surface area contributed by atoms with E-state index in [1.165, 1.54) is 33.5 Å². The fourth-order valence-electron chi connectivity index (χ4n) is 0.767. The van der Waals surface area contributed by atoms with Gasteiger partial charge in [0.2, 0.25) is 0 Å². The van der Waals surface area contributed by atoms with Gasteiger partial charge in [-0.15, -0.1) is 0 Å². The fraction of sp³-hybridized carbons (Fsp3) is 0.143. The molecule has 0 fully saturated rings. The molecular weight excluding hydrogens is 470 g/mol. The second kappa shape index (κ2) is 9.09. The summed E-state index contributed by atoms with van der Waals surface area (Å²) in [5.41, 5.74) is -0.778. The van der Waals surface area contributed by atoms with Crippen molar-refractivity contribution in [3.63, 3.8) is 0 Å². The zero-order chi connectivity index (χ0) is 9.19. The predicted molar refractivity (Wildman–Crippen MR) is 50.7 cm³/mol. The van der Waals surface area contributed by atoms with Crippen molar-refractivity contribution in [2.24, 2.45) is 0 Å². The van der Waals surface area contributed by atoms with Gasteiger partial charge in [-0.05, 0) is 12.1 Å². The predicted octanol–water partition coefficient (Wildman–Crippen LogP) is 3.12. The standard InChI is InChI=1S/C7H8F2NOP.H2N.W.Y/c8-7(9,12)5-1-3-6(10-11)4-2-5;;;/h1-4,10-11H,12H2;1H2;;/q;-1;;. The molecule has 0 aromatic heterocycles. The summed E-state index contributed by atoms with van der Waals surface area (Å²) in [7, 11) is 1.45. The second-order valence-electron chi connectivity index (χ2n) is 2.31. The molecule has 1 rings (SSSR count). The number of anilines is 1. The van der Waals surface area contributed by atoms with Crippen LogP contribution in [0.3, 0.4) is 0 Å². The maximum absolute atomic E-state index is 12.6. The van der Waals surface area contributed by atoms with E-state index >= 15 is 0 Å². The number of nitrogens with two attached hydrogens (primary N) is 1. The summed E-state index contributed by atoms with van der Waals surface area (Å²) in [6, 6.07) is 5.22. The largest absolute Gasteiger partial charge is 0.693 e. The van der Waals surface area contributed by atoms with Crippen LogP contribution in [0, 0.1) is 0 Å². The number of rotatable bonds is 2. The maximum Gasteiger partial charge on any atom is 0.283 e. The van der Waals surface area contributed by atoms with Crippen LogP contribution >= 0.6 is 9.24 Å². The smallest absolute Gasteiger partial charge is 0.283 e. The van der Waals surface area contributed by atoms with Gasteiger partial charge < -0.3 is 6.15 Å². The molecule has 0 aliphatic carbocycles. The Bertz CT molecular complexity index is 271. The van der Waals surface area contributed by atoms with Gasteiger partial charge in [0.15, 0.2) is 0 Å². The van der Waals surface area contributed by atoms with E-state index in [0.717, 1.165) is 0 Å². The van der Waals surface area contributed by atoms with Gasteiger partial charge in [-0.3, -0.25) is 10.7 Å². The summed E-state index contributed by atoms with van der Waals surface area (Å²) in [5, 5.41) is 8.39. The Hall–Kier alpha value is 1.02. The molecule has 0 saturated carbocycles. The van der Waals surface area contributed by atoms with Crippen LogP contribution in [0.4, 0.5) is 14.5 Å². The maximum atomic E-state index is 12.6. The average molecular weight is 480 g/mol. The first-order chi connectivity index (χ1) is 5.54. The summed E-state index contributed by atoms with van der Waals surface area (Å²) in [6.45, 7) is 0. The molecule has 0 heterocycles. The molecule has 15 heavy (non-hydrogen) atoms. The van der Waals surface area contributed by atoms with Crippen molar-refractivity contribution in [1.82, 2.24) is 0 Å². The van der Waals surface area contributed by atoms with Crippen LogP contribution in [-0.2, 0) is 59.4 Å². The summed E-state index contributed by atoms with van der Waals surface area (Å²) in [4.78, 5) is 0. The van der Waals surface area contributed by atoms with E-state index in [4.69, 9.17) is 5.21 Å². The van der Waals surface area contributed by atoms with Crippen molar-refractivity contribution in [3.05, 3.63) is 36.0 Å². The summed E-state index contributed by atoms with van der Waals surface area (Å²) >= 11 is 0. The van der Waals surface area contributed by atoms with Gasteiger partial charge in [0.1, 0.15) is 0 Å². The van der Waals surface area contributed by atoms with Gasteiger partial charge in [-0.25, -0.2) is 0 Å². The molecule has 0 saturated heterocycles. The second-order valence-corrected chi connectivity index (χ2v) is 3.04. The molecule has 0 amide bonds. The van der Waals surface area contributed by atoms with E-state index in [9.17, 15) is 8.78 Å². The molecule has 83 valence electrons. The molecule has 1 radical (unpaired) electrons. The molecule has 0 bridgehead atoms. The van der Waals surface area contributed by atoms with Gasteiger partial charge in [0.05, 0.1) is 5.69 Å². The van der Waals surface area contributed by atoms with Gasteiger partial charge in [-0.2, -0.15) is 8.78 Å². The number of hydrogen-bond acceptors (Lipinski definition) is 2. The molecule has 0 aliphatic rings. The molecule has 1 aromatic carbocycles. The minimum atomic E-state index is -2.91. The third-order valence-corrected chi connectivity index (χ3v) is 1.73. The average Bonchev–Trinajstić information content (AvgIpc) is 2.03. The van der Waals surface area contributed by atoms with Gasteiger partial charge in [-0.1, -0.05) is 21.4 Å². The van der Waals surface area contributed by atoms with E-state index in [2.05, 4.69) is 0 Å². The zero-order valence-electron chi connectivity index (χ0n) is 7.65. The molecular formula is C7H10F2N2OPWY-. The van der Waals surface area contributed by atoms with E-state index in [1.807, 2.05) is 5.48 Å². The van der Waals surface area contributed by atoms with Crippen molar-refractivity contribution in [1.29, 1.82) is 0 Å². The van der Waals surface area contributed by atoms with Crippen molar-refractivity contribution >= 4 is 14.9 Å². The van der Waals surface area contributed by atoms with Crippen molar-refractivity contribution in [2.75, 3.05) is 5.48 Å².